The van der Waals surface area contributed by atoms with Crippen LogP contribution in [0, 0.1) is 11.3 Å². The summed E-state index contributed by atoms with van der Waals surface area (Å²) in [5.74, 6) is 0. The number of benzene rings is 16. The van der Waals surface area contributed by atoms with Gasteiger partial charge in [-0.2, -0.15) is 5.26 Å². The Balaban J connectivity index is 1.01. The summed E-state index contributed by atoms with van der Waals surface area (Å²) in [7, 11) is 0. The molecule has 2 aromatic heterocycles. The van der Waals surface area contributed by atoms with Gasteiger partial charge in [0, 0.05) is 77.9 Å². The van der Waals surface area contributed by atoms with Crippen molar-refractivity contribution in [3.8, 4) is 95.3 Å². The quantitative estimate of drug-likeness (QED) is 0.121. The number of hydrogen-bond acceptors (Lipinski definition) is 3. The van der Waals surface area contributed by atoms with Crippen LogP contribution in [0.15, 0.2) is 352 Å². The van der Waals surface area contributed by atoms with Crippen molar-refractivity contribution in [2.24, 2.45) is 0 Å². The predicted octanol–water partition coefficient (Wildman–Crippen LogP) is 28.7. The first-order valence-corrected chi connectivity index (χ1v) is 42.0. The van der Waals surface area contributed by atoms with Gasteiger partial charge in [-0.15, -0.1) is 0 Å². The first-order valence-electron chi connectivity index (χ1n) is 42.0. The number of para-hydroxylation sites is 4. The lowest BCUT2D eigenvalue weighted by Gasteiger charge is -2.46. The van der Waals surface area contributed by atoms with Crippen molar-refractivity contribution >= 4 is 101 Å². The second kappa shape index (κ2) is 28.3. The van der Waals surface area contributed by atoms with Crippen molar-refractivity contribution < 1.29 is 0 Å². The number of nitriles is 1. The molecule has 0 amide bonds. The number of nitrogens with zero attached hydrogens (tertiary/aromatic N) is 5. The molecule has 16 aromatic carbocycles. The Morgan fingerprint density at radius 2 is 0.546 bits per heavy atom. The zero-order chi connectivity index (χ0) is 81.5. The standard InChI is InChI=1S/C113H94BN5/c1-110(2,3)82-42-29-38-74(59-82)93-63-79(72-33-15-13-16-34-72)64-94(75-39-30-43-83(60-75)111(4,5)6)108(93)118-103-69-86(116-99-51-25-21-47-89(99)90-48-22-26-52-100(90)116)55-57-97(103)114-98-58-56-87(117-101-53-27-23-49-91(101)92-50-24-28-54-102(92)117)70-104(98)119(106-68-80(67-105(118)107(106)114)73-35-17-14-18-36-73)109-95(76-40-31-44-84(61-76)112(7,8)9)65-81(88-46-20-19-37-78(88)71-115)66-96(109)77-41-32-45-85(62-77)113(10,11)12/h13-70H,1-12H3. The third-order valence-corrected chi connectivity index (χ3v) is 25.1. The third kappa shape index (κ3) is 12.7. The summed E-state index contributed by atoms with van der Waals surface area (Å²) in [4.78, 5) is 5.45. The summed E-state index contributed by atoms with van der Waals surface area (Å²) < 4.78 is 5.00. The van der Waals surface area contributed by atoms with E-state index in [9.17, 15) is 5.26 Å². The number of anilines is 6. The van der Waals surface area contributed by atoms with Crippen LogP contribution < -0.4 is 26.2 Å². The maximum absolute atomic E-state index is 11.3. The van der Waals surface area contributed by atoms with E-state index in [1.807, 2.05) is 12.1 Å². The van der Waals surface area contributed by atoms with E-state index in [0.29, 0.717) is 5.56 Å². The second-order valence-corrected chi connectivity index (χ2v) is 36.8. The average molecular weight is 1530 g/mol. The fourth-order valence-electron chi connectivity index (χ4n) is 19.0. The van der Waals surface area contributed by atoms with E-state index in [1.54, 1.807) is 0 Å². The molecule has 0 saturated carbocycles. The van der Waals surface area contributed by atoms with Crippen molar-refractivity contribution in [2.45, 2.75) is 105 Å². The number of rotatable bonds is 11. The Morgan fingerprint density at radius 1 is 0.244 bits per heavy atom. The molecule has 4 heterocycles. The van der Waals surface area contributed by atoms with Crippen LogP contribution >= 0.6 is 0 Å². The van der Waals surface area contributed by atoms with Gasteiger partial charge in [-0.3, -0.25) is 0 Å². The molecule has 574 valence electrons. The number of aromatic nitrogens is 2. The minimum absolute atomic E-state index is 0.183. The van der Waals surface area contributed by atoms with Crippen LogP contribution in [0.3, 0.4) is 0 Å². The van der Waals surface area contributed by atoms with E-state index in [1.165, 1.54) is 60.2 Å². The lowest BCUT2D eigenvalue weighted by atomic mass is 9.33. The highest BCUT2D eigenvalue weighted by Gasteiger charge is 2.47. The van der Waals surface area contributed by atoms with Gasteiger partial charge in [0.1, 0.15) is 0 Å². The van der Waals surface area contributed by atoms with Crippen LogP contribution in [0.1, 0.15) is 111 Å². The van der Waals surface area contributed by atoms with Crippen molar-refractivity contribution in [3.05, 3.63) is 380 Å². The van der Waals surface area contributed by atoms with Crippen LogP contribution in [0.2, 0.25) is 0 Å². The van der Waals surface area contributed by atoms with Gasteiger partial charge in [0.15, 0.2) is 0 Å². The summed E-state index contributed by atoms with van der Waals surface area (Å²) in [5, 5.41) is 16.1. The van der Waals surface area contributed by atoms with E-state index < -0.39 is 0 Å². The molecule has 0 aliphatic carbocycles. The van der Waals surface area contributed by atoms with Gasteiger partial charge < -0.3 is 18.9 Å². The molecule has 0 spiro atoms. The second-order valence-electron chi connectivity index (χ2n) is 36.8. The molecule has 0 atom stereocenters. The van der Waals surface area contributed by atoms with Crippen LogP contribution in [-0.4, -0.2) is 15.8 Å². The molecular formula is C113H94BN5. The molecule has 0 saturated heterocycles. The largest absolute Gasteiger partial charge is 0.310 e. The molecule has 0 radical (unpaired) electrons. The molecule has 2 aliphatic heterocycles. The Labute approximate surface area is 700 Å². The van der Waals surface area contributed by atoms with Crippen molar-refractivity contribution in [1.29, 1.82) is 5.26 Å². The summed E-state index contributed by atoms with van der Waals surface area (Å²) in [6.45, 7) is 27.6. The highest BCUT2D eigenvalue weighted by Crippen LogP contribution is 2.57. The van der Waals surface area contributed by atoms with Gasteiger partial charge in [-0.05, 0) is 207 Å². The highest BCUT2D eigenvalue weighted by molar-refractivity contribution is 7.00. The van der Waals surface area contributed by atoms with Gasteiger partial charge in [-0.1, -0.05) is 344 Å². The van der Waals surface area contributed by atoms with Gasteiger partial charge in [0.2, 0.25) is 0 Å². The summed E-state index contributed by atoms with van der Waals surface area (Å²) in [6, 6.07) is 136. The fourth-order valence-corrected chi connectivity index (χ4v) is 19.0. The van der Waals surface area contributed by atoms with E-state index in [-0.39, 0.29) is 28.4 Å². The monoisotopic (exact) mass is 1530 g/mol. The van der Waals surface area contributed by atoms with Crippen molar-refractivity contribution in [1.82, 2.24) is 9.13 Å². The van der Waals surface area contributed by atoms with Gasteiger partial charge in [0.25, 0.3) is 6.71 Å². The maximum atomic E-state index is 11.3. The lowest BCUT2D eigenvalue weighted by molar-refractivity contribution is 0.590. The van der Waals surface area contributed by atoms with Crippen LogP contribution in [0.4, 0.5) is 34.1 Å². The Morgan fingerprint density at radius 3 is 0.891 bits per heavy atom. The van der Waals surface area contributed by atoms with Crippen molar-refractivity contribution in [3.63, 3.8) is 0 Å². The smallest absolute Gasteiger partial charge is 0.252 e. The minimum atomic E-state index is -0.354. The first-order chi connectivity index (χ1) is 57.5. The first kappa shape index (κ1) is 74.1. The van der Waals surface area contributed by atoms with Crippen LogP contribution in [0.25, 0.3) is 133 Å². The normalized spacial score (nSPS) is 12.8. The third-order valence-electron chi connectivity index (χ3n) is 25.1. The molecule has 2 aliphatic rings. The molecule has 6 heteroatoms. The Kier molecular flexibility index (Phi) is 17.6. The molecule has 119 heavy (non-hydrogen) atoms. The summed E-state index contributed by atoms with van der Waals surface area (Å²) >= 11 is 0. The van der Waals surface area contributed by atoms with Gasteiger partial charge in [0.05, 0.1) is 45.1 Å². The van der Waals surface area contributed by atoms with E-state index in [4.69, 9.17) is 0 Å². The molecular weight excluding hydrogens is 1440 g/mol. The predicted molar refractivity (Wildman–Crippen MR) is 507 cm³/mol. The topological polar surface area (TPSA) is 40.1 Å². The number of fused-ring (bicyclic) bond motifs is 10. The molecule has 0 N–H and O–H groups in total. The summed E-state index contributed by atoms with van der Waals surface area (Å²) in [5.41, 5.74) is 36.2. The minimum Gasteiger partial charge on any atom is -0.310 e. The Bertz CT molecular complexity index is 6910. The van der Waals surface area contributed by atoms with E-state index >= 15 is 0 Å². The van der Waals surface area contributed by atoms with Crippen LogP contribution in [-0.2, 0) is 21.7 Å². The molecule has 20 rings (SSSR count). The lowest BCUT2D eigenvalue weighted by Crippen LogP contribution is -2.61. The maximum Gasteiger partial charge on any atom is 0.252 e. The molecule has 5 nitrogen and oxygen atoms in total. The molecule has 0 fully saturated rings. The number of hydrogen-bond donors (Lipinski definition) is 0. The SMILES string of the molecule is CC(C)(C)c1cccc(-c2cc(-c3ccccc3)cc(-c3cccc(C(C)(C)C)c3)c2N2c3cc(-n4c5ccccc5c5ccccc54)ccc3B3c4ccc(-n5c6ccccc6c6ccccc65)cc4N(c4c(-c5cccc(C(C)(C)C)c5)cc(-c5ccccc5C#N)cc4-c4cccc(C(C)(C)C)c4)c4cc(-c5ccccc5)cc2c43)c1. The van der Waals surface area contributed by atoms with Gasteiger partial charge >= 0.3 is 0 Å². The van der Waals surface area contributed by atoms with Crippen LogP contribution in [0.5, 0.6) is 0 Å². The van der Waals surface area contributed by atoms with Gasteiger partial charge in [-0.25, -0.2) is 0 Å². The fraction of sp³-hybridized carbons (Fsp3) is 0.142. The molecule has 0 unspecified atom stereocenters. The van der Waals surface area contributed by atoms with Crippen molar-refractivity contribution in [2.75, 3.05) is 9.80 Å². The Hall–Kier alpha value is -13.7. The molecule has 0 bridgehead atoms. The van der Waals surface area contributed by atoms with E-state index in [0.717, 1.165) is 145 Å². The zero-order valence-corrected chi connectivity index (χ0v) is 69.8. The summed E-state index contributed by atoms with van der Waals surface area (Å²) in [6.07, 6.45) is 0. The van der Waals surface area contributed by atoms with E-state index in [2.05, 4.69) is 448 Å². The molecule has 18 aromatic rings. The average Bonchev–Trinajstić information content (AvgIpc) is 0.921. The highest BCUT2D eigenvalue weighted by atomic mass is 15.2. The zero-order valence-electron chi connectivity index (χ0n) is 69.8.